The predicted molar refractivity (Wildman–Crippen MR) is 77.3 cm³/mol. The first-order valence-corrected chi connectivity index (χ1v) is 7.13. The summed E-state index contributed by atoms with van der Waals surface area (Å²) in [6, 6.07) is 6.20. The summed E-state index contributed by atoms with van der Waals surface area (Å²) in [6.07, 6.45) is -0.557. The average Bonchev–Trinajstić information content (AvgIpc) is 2.45. The van der Waals surface area contributed by atoms with Crippen molar-refractivity contribution in [2.45, 2.75) is 39.0 Å². The van der Waals surface area contributed by atoms with Crippen molar-refractivity contribution >= 4 is 5.91 Å². The lowest BCUT2D eigenvalue weighted by atomic mass is 10.0. The highest BCUT2D eigenvalue weighted by Crippen LogP contribution is 2.20. The van der Waals surface area contributed by atoms with Gasteiger partial charge in [-0.15, -0.1) is 0 Å². The molecule has 4 nitrogen and oxygen atoms in total. The number of ether oxygens (including phenoxy) is 2. The Morgan fingerprint density at radius 3 is 2.48 bits per heavy atom. The molecule has 2 rings (SSSR count). The highest BCUT2D eigenvalue weighted by atomic mass is 19.1. The summed E-state index contributed by atoms with van der Waals surface area (Å²) >= 11 is 0. The summed E-state index contributed by atoms with van der Waals surface area (Å²) in [5.41, 5.74) is 0.531. The van der Waals surface area contributed by atoms with Crippen molar-refractivity contribution in [2.24, 2.45) is 0 Å². The molecule has 1 amide bonds. The first-order chi connectivity index (χ1) is 9.88. The van der Waals surface area contributed by atoms with Crippen LogP contribution in [0.4, 0.5) is 4.39 Å². The van der Waals surface area contributed by atoms with E-state index in [0.29, 0.717) is 19.8 Å². The number of hydrogen-bond acceptors (Lipinski definition) is 3. The minimum Gasteiger partial charge on any atom is -0.376 e. The molecule has 1 atom stereocenters. The molecule has 21 heavy (non-hydrogen) atoms. The van der Waals surface area contributed by atoms with Crippen LogP contribution in [-0.2, 0) is 20.8 Å². The number of benzene rings is 1. The number of hydrogen-bond donors (Lipinski definition) is 0. The third-order valence-electron chi connectivity index (χ3n) is 3.42. The van der Waals surface area contributed by atoms with Gasteiger partial charge in [0, 0.05) is 12.1 Å². The van der Waals surface area contributed by atoms with E-state index in [4.69, 9.17) is 9.47 Å². The zero-order chi connectivity index (χ0) is 15.5. The molecule has 0 bridgehead atoms. The van der Waals surface area contributed by atoms with Gasteiger partial charge >= 0.3 is 0 Å². The summed E-state index contributed by atoms with van der Waals surface area (Å²) in [7, 11) is 0. The quantitative estimate of drug-likeness (QED) is 0.859. The Morgan fingerprint density at radius 1 is 1.29 bits per heavy atom. The molecule has 0 saturated carbocycles. The molecule has 0 unspecified atom stereocenters. The Bertz CT molecular complexity index is 475. The molecule has 0 aromatic heterocycles. The topological polar surface area (TPSA) is 38.8 Å². The van der Waals surface area contributed by atoms with Crippen LogP contribution < -0.4 is 0 Å². The number of nitrogens with zero attached hydrogens (tertiary/aromatic N) is 1. The fraction of sp³-hybridized carbons (Fsp3) is 0.562. The van der Waals surface area contributed by atoms with Crippen LogP contribution in [0.25, 0.3) is 0 Å². The van der Waals surface area contributed by atoms with Gasteiger partial charge in [-0.2, -0.15) is 0 Å². The molecular weight excluding hydrogens is 273 g/mol. The molecule has 116 valence electrons. The molecular formula is C16H22FNO3. The van der Waals surface area contributed by atoms with Crippen molar-refractivity contribution in [3.8, 4) is 0 Å². The Labute approximate surface area is 124 Å². The van der Waals surface area contributed by atoms with E-state index in [0.717, 1.165) is 5.56 Å². The molecule has 1 aromatic carbocycles. The van der Waals surface area contributed by atoms with Crippen LogP contribution in [0.3, 0.4) is 0 Å². The second kappa shape index (κ2) is 6.54. The molecule has 0 radical (unpaired) electrons. The molecule has 0 aliphatic carbocycles. The van der Waals surface area contributed by atoms with Crippen molar-refractivity contribution in [2.75, 3.05) is 19.8 Å². The van der Waals surface area contributed by atoms with Gasteiger partial charge in [0.05, 0.1) is 19.8 Å². The van der Waals surface area contributed by atoms with Gasteiger partial charge < -0.3 is 14.4 Å². The van der Waals surface area contributed by atoms with Crippen molar-refractivity contribution in [3.63, 3.8) is 0 Å². The van der Waals surface area contributed by atoms with Crippen molar-refractivity contribution < 1.29 is 18.7 Å². The maximum Gasteiger partial charge on any atom is 0.254 e. The number of halogens is 1. The van der Waals surface area contributed by atoms with Gasteiger partial charge in [-0.1, -0.05) is 12.1 Å². The molecule has 5 heteroatoms. The van der Waals surface area contributed by atoms with E-state index in [1.54, 1.807) is 17.0 Å². The zero-order valence-corrected chi connectivity index (χ0v) is 12.8. The fourth-order valence-corrected chi connectivity index (χ4v) is 2.22. The zero-order valence-electron chi connectivity index (χ0n) is 12.8. The van der Waals surface area contributed by atoms with E-state index in [-0.39, 0.29) is 23.9 Å². The van der Waals surface area contributed by atoms with E-state index in [9.17, 15) is 9.18 Å². The van der Waals surface area contributed by atoms with Gasteiger partial charge in [0.25, 0.3) is 5.91 Å². The van der Waals surface area contributed by atoms with Gasteiger partial charge in [0.2, 0.25) is 0 Å². The third-order valence-corrected chi connectivity index (χ3v) is 3.42. The molecule has 1 fully saturated rings. The number of rotatable bonds is 3. The smallest absolute Gasteiger partial charge is 0.254 e. The normalized spacial score (nSPS) is 19.3. The number of carbonyl (C=O) groups is 1. The first kappa shape index (κ1) is 15.9. The van der Waals surface area contributed by atoms with E-state index in [2.05, 4.69) is 0 Å². The van der Waals surface area contributed by atoms with Crippen LogP contribution in [-0.4, -0.2) is 42.3 Å². The lowest BCUT2D eigenvalue weighted by Gasteiger charge is -2.38. The van der Waals surface area contributed by atoms with Crippen LogP contribution in [0.15, 0.2) is 24.3 Å². The standard InChI is InChI=1S/C16H22FNO3/c1-16(2,3)18(10-12-4-6-13(17)7-5-12)15(19)14-11-20-8-9-21-14/h4-7,14H,8-11H2,1-3H3/t14-/m0/s1. The van der Waals surface area contributed by atoms with E-state index >= 15 is 0 Å². The molecule has 0 spiro atoms. The van der Waals surface area contributed by atoms with E-state index in [1.165, 1.54) is 12.1 Å². The van der Waals surface area contributed by atoms with Crippen LogP contribution >= 0.6 is 0 Å². The Balaban J connectivity index is 2.14. The van der Waals surface area contributed by atoms with Crippen LogP contribution in [0.1, 0.15) is 26.3 Å². The summed E-state index contributed by atoms with van der Waals surface area (Å²) in [6.45, 7) is 7.58. The van der Waals surface area contributed by atoms with Gasteiger partial charge in [-0.25, -0.2) is 4.39 Å². The van der Waals surface area contributed by atoms with Gasteiger partial charge in [-0.3, -0.25) is 4.79 Å². The Hall–Kier alpha value is -1.46. The molecule has 1 aliphatic rings. The SMILES string of the molecule is CC(C)(C)N(Cc1ccc(F)cc1)C(=O)[C@@H]1COCCO1. The maximum absolute atomic E-state index is 13.0. The highest BCUT2D eigenvalue weighted by Gasteiger charge is 2.33. The predicted octanol–water partition coefficient (Wildman–Crippen LogP) is 2.37. The summed E-state index contributed by atoms with van der Waals surface area (Å²) in [4.78, 5) is 14.4. The van der Waals surface area contributed by atoms with Crippen LogP contribution in [0.2, 0.25) is 0 Å². The lowest BCUT2D eigenvalue weighted by molar-refractivity contribution is -0.163. The third kappa shape index (κ3) is 4.25. The highest BCUT2D eigenvalue weighted by molar-refractivity contribution is 5.81. The number of amides is 1. The molecule has 0 N–H and O–H groups in total. The van der Waals surface area contributed by atoms with Crippen molar-refractivity contribution in [3.05, 3.63) is 35.6 Å². The summed E-state index contributed by atoms with van der Waals surface area (Å²) in [5, 5.41) is 0. The maximum atomic E-state index is 13.0. The number of carbonyl (C=O) groups excluding carboxylic acids is 1. The molecule has 1 aromatic rings. The van der Waals surface area contributed by atoms with E-state index < -0.39 is 6.10 Å². The first-order valence-electron chi connectivity index (χ1n) is 7.13. The summed E-state index contributed by atoms with van der Waals surface area (Å²) in [5.74, 6) is -0.372. The van der Waals surface area contributed by atoms with Gasteiger partial charge in [0.15, 0.2) is 6.10 Å². The minimum absolute atomic E-state index is 0.0912. The van der Waals surface area contributed by atoms with E-state index in [1.807, 2.05) is 20.8 Å². The Morgan fingerprint density at radius 2 is 1.95 bits per heavy atom. The van der Waals surface area contributed by atoms with Gasteiger partial charge in [-0.05, 0) is 38.5 Å². The average molecular weight is 295 g/mol. The Kier molecular flexibility index (Phi) is 4.96. The van der Waals surface area contributed by atoms with Crippen molar-refractivity contribution in [1.29, 1.82) is 0 Å². The molecule has 1 aliphatic heterocycles. The molecule has 1 heterocycles. The lowest BCUT2D eigenvalue weighted by Crippen LogP contribution is -2.52. The summed E-state index contributed by atoms with van der Waals surface area (Å²) < 4.78 is 23.8. The fourth-order valence-electron chi connectivity index (χ4n) is 2.22. The monoisotopic (exact) mass is 295 g/mol. The molecule has 1 saturated heterocycles. The van der Waals surface area contributed by atoms with Crippen LogP contribution in [0.5, 0.6) is 0 Å². The van der Waals surface area contributed by atoms with Crippen molar-refractivity contribution in [1.82, 2.24) is 4.90 Å². The second-order valence-corrected chi connectivity index (χ2v) is 6.16. The second-order valence-electron chi connectivity index (χ2n) is 6.16. The minimum atomic E-state index is -0.557. The van der Waals surface area contributed by atoms with Crippen LogP contribution in [0, 0.1) is 5.82 Å². The largest absolute Gasteiger partial charge is 0.376 e. The van der Waals surface area contributed by atoms with Gasteiger partial charge in [0.1, 0.15) is 5.82 Å².